The van der Waals surface area contributed by atoms with Crippen molar-refractivity contribution < 1.29 is 0 Å². The Morgan fingerprint density at radius 1 is 0.522 bits per heavy atom. The molecule has 2 atom stereocenters. The molecule has 0 radical (unpaired) electrons. The molecule has 0 N–H and O–H groups in total. The second-order valence-corrected chi connectivity index (χ2v) is 25.3. The van der Waals surface area contributed by atoms with Crippen LogP contribution in [0.3, 0.4) is 0 Å². The van der Waals surface area contributed by atoms with Gasteiger partial charge in [0.15, 0.2) is 0 Å². The summed E-state index contributed by atoms with van der Waals surface area (Å²) < 4.78 is 2.71. The first-order valence-electron chi connectivity index (χ1n) is 25.0. The normalized spacial score (nSPS) is 19.7. The molecule has 7 aromatic carbocycles. The van der Waals surface area contributed by atoms with Crippen molar-refractivity contribution in [3.63, 3.8) is 0 Å². The fourth-order valence-corrected chi connectivity index (χ4v) is 14.0. The van der Waals surface area contributed by atoms with Gasteiger partial charge in [-0.05, 0) is 140 Å². The van der Waals surface area contributed by atoms with Crippen molar-refractivity contribution in [2.75, 3.05) is 9.80 Å². The van der Waals surface area contributed by atoms with Crippen LogP contribution in [0.4, 0.5) is 28.4 Å². The number of thiophene rings is 1. The van der Waals surface area contributed by atoms with Gasteiger partial charge < -0.3 is 9.80 Å². The highest BCUT2D eigenvalue weighted by molar-refractivity contribution is 7.26. The minimum atomic E-state index is -0.0713. The lowest BCUT2D eigenvalue weighted by Crippen LogP contribution is -2.64. The summed E-state index contributed by atoms with van der Waals surface area (Å²) in [5.74, 6) is 0. The summed E-state index contributed by atoms with van der Waals surface area (Å²) in [6, 6.07) is 50.4. The molecule has 3 aliphatic heterocycles. The predicted molar refractivity (Wildman–Crippen MR) is 293 cm³/mol. The molecule has 1 fully saturated rings. The van der Waals surface area contributed by atoms with E-state index in [2.05, 4.69) is 220 Å². The maximum absolute atomic E-state index is 2.90. The van der Waals surface area contributed by atoms with E-state index in [9.17, 15) is 0 Å². The van der Waals surface area contributed by atoms with Gasteiger partial charge in [0.25, 0.3) is 6.71 Å². The smallest absolute Gasteiger partial charge is 0.252 e. The van der Waals surface area contributed by atoms with Crippen LogP contribution < -0.4 is 26.2 Å². The second kappa shape index (κ2) is 14.2. The summed E-state index contributed by atoms with van der Waals surface area (Å²) in [5, 5.41) is 2.73. The topological polar surface area (TPSA) is 6.48 Å². The molecule has 1 aromatic heterocycles. The van der Waals surface area contributed by atoms with E-state index in [1.165, 1.54) is 135 Å². The Morgan fingerprint density at radius 3 is 1.73 bits per heavy atom. The summed E-state index contributed by atoms with van der Waals surface area (Å²) in [4.78, 5) is 5.65. The molecule has 4 heterocycles. The van der Waals surface area contributed by atoms with Crippen molar-refractivity contribution in [3.8, 4) is 22.3 Å². The Balaban J connectivity index is 1.27. The van der Waals surface area contributed by atoms with E-state index in [4.69, 9.17) is 0 Å². The van der Waals surface area contributed by atoms with E-state index in [0.717, 1.165) is 0 Å². The Hall–Kier alpha value is -5.58. The highest BCUT2D eigenvalue weighted by atomic mass is 32.1. The van der Waals surface area contributed by atoms with Crippen LogP contribution in [0.25, 0.3) is 42.4 Å². The highest BCUT2D eigenvalue weighted by Gasteiger charge is 2.61. The number of fused-ring (bicyclic) bond motifs is 10. The monoisotopic (exact) mass is 892 g/mol. The number of anilines is 5. The Morgan fingerprint density at radius 2 is 1.10 bits per heavy atom. The maximum atomic E-state index is 2.90. The van der Waals surface area contributed by atoms with Gasteiger partial charge in [0.1, 0.15) is 0 Å². The van der Waals surface area contributed by atoms with Crippen LogP contribution in [0.2, 0.25) is 0 Å². The van der Waals surface area contributed by atoms with Gasteiger partial charge >= 0.3 is 0 Å². The van der Waals surface area contributed by atoms with Gasteiger partial charge in [-0.25, -0.2) is 0 Å². The number of aryl methyl sites for hydroxylation is 1. The summed E-state index contributed by atoms with van der Waals surface area (Å²) in [7, 11) is 0. The van der Waals surface area contributed by atoms with Crippen molar-refractivity contribution in [1.29, 1.82) is 0 Å². The van der Waals surface area contributed by atoms with Gasteiger partial charge in [0, 0.05) is 54.1 Å². The van der Waals surface area contributed by atoms with Gasteiger partial charge in [-0.1, -0.05) is 173 Å². The van der Waals surface area contributed by atoms with E-state index < -0.39 is 0 Å². The lowest BCUT2D eigenvalue weighted by atomic mass is 9.33. The number of nitrogens with zero attached hydrogens (tertiary/aromatic N) is 2. The molecule has 4 aliphatic rings. The molecule has 4 heteroatoms. The van der Waals surface area contributed by atoms with Crippen LogP contribution in [0, 0.1) is 6.92 Å². The summed E-state index contributed by atoms with van der Waals surface area (Å²) >= 11 is 1.96. The Labute approximate surface area is 404 Å². The van der Waals surface area contributed by atoms with Crippen LogP contribution >= 0.6 is 11.3 Å². The molecule has 1 saturated carbocycles. The molecule has 67 heavy (non-hydrogen) atoms. The summed E-state index contributed by atoms with van der Waals surface area (Å²) in [6.07, 6.45) is 4.92. The van der Waals surface area contributed by atoms with Gasteiger partial charge in [-0.15, -0.1) is 11.3 Å². The highest BCUT2D eigenvalue weighted by Crippen LogP contribution is 2.63. The van der Waals surface area contributed by atoms with Crippen molar-refractivity contribution in [2.24, 2.45) is 0 Å². The van der Waals surface area contributed by atoms with Crippen LogP contribution in [-0.4, -0.2) is 12.3 Å². The molecule has 1 aliphatic carbocycles. The van der Waals surface area contributed by atoms with Gasteiger partial charge in [0.05, 0.1) is 11.2 Å². The van der Waals surface area contributed by atoms with Crippen LogP contribution in [0.15, 0.2) is 127 Å². The van der Waals surface area contributed by atoms with Crippen LogP contribution in [0.1, 0.15) is 130 Å². The molecular weight excluding hydrogens is 828 g/mol. The molecule has 8 aromatic rings. The lowest BCUT2D eigenvalue weighted by Gasteiger charge is -2.53. The molecule has 2 nitrogen and oxygen atoms in total. The first-order valence-corrected chi connectivity index (χ1v) is 25.8. The number of benzene rings is 7. The molecule has 0 bridgehead atoms. The van der Waals surface area contributed by atoms with Crippen molar-refractivity contribution in [2.45, 2.75) is 136 Å². The van der Waals surface area contributed by atoms with Crippen molar-refractivity contribution >= 4 is 83.0 Å². The number of hydrogen-bond acceptors (Lipinski definition) is 3. The zero-order chi connectivity index (χ0) is 46.7. The summed E-state index contributed by atoms with van der Waals surface area (Å²) in [5.41, 5.74) is 23.1. The molecule has 0 spiro atoms. The molecule has 12 rings (SSSR count). The third-order valence-electron chi connectivity index (χ3n) is 16.9. The quantitative estimate of drug-likeness (QED) is 0.163. The molecular formula is C63H65BN2S. The van der Waals surface area contributed by atoms with Crippen molar-refractivity contribution in [3.05, 3.63) is 155 Å². The van der Waals surface area contributed by atoms with E-state index in [1.54, 1.807) is 5.56 Å². The van der Waals surface area contributed by atoms with E-state index in [-0.39, 0.29) is 33.9 Å². The molecule has 0 amide bonds. The Bertz CT molecular complexity index is 3300. The predicted octanol–water partition coefficient (Wildman–Crippen LogP) is 15.9. The first kappa shape index (κ1) is 42.8. The van der Waals surface area contributed by atoms with Crippen LogP contribution in [-0.2, 0) is 21.7 Å². The van der Waals surface area contributed by atoms with E-state index in [1.807, 2.05) is 11.3 Å². The van der Waals surface area contributed by atoms with Gasteiger partial charge in [-0.3, -0.25) is 0 Å². The summed E-state index contributed by atoms with van der Waals surface area (Å²) in [6.45, 7) is 29.0. The zero-order valence-corrected chi connectivity index (χ0v) is 42.6. The fourth-order valence-electron chi connectivity index (χ4n) is 12.9. The average molecular weight is 893 g/mol. The minimum absolute atomic E-state index is 0.0114. The van der Waals surface area contributed by atoms with Crippen molar-refractivity contribution in [1.82, 2.24) is 0 Å². The first-order chi connectivity index (χ1) is 31.8. The second-order valence-electron chi connectivity index (χ2n) is 24.2. The largest absolute Gasteiger partial charge is 0.335 e. The number of rotatable bonds is 3. The van der Waals surface area contributed by atoms with E-state index in [0.29, 0.717) is 0 Å². The van der Waals surface area contributed by atoms with Gasteiger partial charge in [-0.2, -0.15) is 0 Å². The van der Waals surface area contributed by atoms with Gasteiger partial charge in [0.2, 0.25) is 0 Å². The Kier molecular flexibility index (Phi) is 9.09. The van der Waals surface area contributed by atoms with Crippen LogP contribution in [0.5, 0.6) is 0 Å². The lowest BCUT2D eigenvalue weighted by molar-refractivity contribution is 0.195. The molecule has 336 valence electrons. The molecule has 0 saturated heterocycles. The maximum Gasteiger partial charge on any atom is 0.252 e. The average Bonchev–Trinajstić information content (AvgIpc) is 3.75. The molecule has 2 unspecified atom stereocenters. The standard InChI is InChI=1S/C63H65BN2S/c1-38-29-52-56-53(30-38)66-58-48(62(11)27-19-20-28-63(62,66)12)33-43(61(8,9)10)34-50(58)64(56)49-36-47-44-26-25-41(59(2,3)4)35-54(44)67-55(47)37-51(49)65(52)57-45(39-21-15-13-16-22-39)31-42(60(5,6)7)32-46(57)40-23-17-14-18-24-40/h13-18,21-26,29-37H,19-20,27-28H2,1-12H3. The zero-order valence-electron chi connectivity index (χ0n) is 41.8. The third kappa shape index (κ3) is 6.13. The van der Waals surface area contributed by atoms with E-state index >= 15 is 0 Å². The minimum Gasteiger partial charge on any atom is -0.335 e. The fraction of sp³-hybridized carbons (Fsp3) is 0.333. The number of hydrogen-bond donors (Lipinski definition) is 0. The SMILES string of the molecule is Cc1cc2c3c(c1)N1c4c(cc(C(C)(C)C)cc4C4(C)CCCCC14C)B3c1cc3c(cc1N2c1c(-c2ccccc2)cc(C(C)(C)C)cc1-c1ccccc1)sc1cc(C(C)(C)C)ccc13. The third-order valence-corrected chi connectivity index (χ3v) is 18.0.